The molecule has 0 radical (unpaired) electrons. The Kier molecular flexibility index (Phi) is 4.68. The summed E-state index contributed by atoms with van der Waals surface area (Å²) in [5.74, 6) is -0.626. The van der Waals surface area contributed by atoms with Gasteiger partial charge in [0.05, 0.1) is 13.3 Å². The Balaban J connectivity index is 1.94. The van der Waals surface area contributed by atoms with Gasteiger partial charge < -0.3 is 10.1 Å². The second-order valence-electron chi connectivity index (χ2n) is 4.40. The normalized spacial score (nSPS) is 11.9. The van der Waals surface area contributed by atoms with Crippen LogP contribution in [0.1, 0.15) is 22.2 Å². The molecule has 0 aliphatic rings. The van der Waals surface area contributed by atoms with Crippen molar-refractivity contribution < 1.29 is 13.9 Å². The number of ether oxygens (including phenoxy) is 1. The van der Waals surface area contributed by atoms with Gasteiger partial charge in [0.2, 0.25) is 0 Å². The van der Waals surface area contributed by atoms with E-state index in [0.29, 0.717) is 10.0 Å². The molecule has 106 valence electrons. The second kappa shape index (κ2) is 6.47. The molecule has 0 saturated heterocycles. The first-order valence-electron chi connectivity index (χ1n) is 6.13. The highest BCUT2D eigenvalue weighted by molar-refractivity contribution is 7.17. The van der Waals surface area contributed by atoms with Crippen LogP contribution in [0.3, 0.4) is 0 Å². The van der Waals surface area contributed by atoms with Gasteiger partial charge in [0, 0.05) is 6.04 Å². The van der Waals surface area contributed by atoms with Crippen LogP contribution in [0.4, 0.5) is 9.52 Å². The predicted molar refractivity (Wildman–Crippen MR) is 76.6 cm³/mol. The van der Waals surface area contributed by atoms with Crippen LogP contribution in [-0.4, -0.2) is 24.1 Å². The van der Waals surface area contributed by atoms with Crippen molar-refractivity contribution in [3.63, 3.8) is 0 Å². The smallest absolute Gasteiger partial charge is 0.349 e. The number of carbonyl (C=O) groups is 1. The highest BCUT2D eigenvalue weighted by atomic mass is 32.1. The maximum absolute atomic E-state index is 12.8. The maximum Gasteiger partial charge on any atom is 0.349 e. The van der Waals surface area contributed by atoms with Crippen LogP contribution < -0.4 is 5.32 Å². The van der Waals surface area contributed by atoms with Gasteiger partial charge in [-0.05, 0) is 31.0 Å². The van der Waals surface area contributed by atoms with E-state index in [2.05, 4.69) is 15.0 Å². The minimum absolute atomic E-state index is 0.122. The molecule has 0 spiro atoms. The number of nitrogens with one attached hydrogen (secondary N) is 1. The van der Waals surface area contributed by atoms with Gasteiger partial charge in [-0.2, -0.15) is 0 Å². The summed E-state index contributed by atoms with van der Waals surface area (Å²) in [7, 11) is 1.34. The van der Waals surface area contributed by atoms with Crippen molar-refractivity contribution in [1.29, 1.82) is 0 Å². The minimum Gasteiger partial charge on any atom is -0.465 e. The van der Waals surface area contributed by atoms with E-state index >= 15 is 0 Å². The monoisotopic (exact) mass is 294 g/mol. The molecule has 1 N–H and O–H groups in total. The molecule has 2 aromatic rings. The first kappa shape index (κ1) is 14.5. The number of rotatable bonds is 5. The molecule has 6 heteroatoms. The van der Waals surface area contributed by atoms with Crippen molar-refractivity contribution in [2.24, 2.45) is 0 Å². The Hall–Kier alpha value is -1.95. The predicted octanol–water partition coefficient (Wildman–Crippen LogP) is 3.11. The van der Waals surface area contributed by atoms with E-state index in [9.17, 15) is 9.18 Å². The first-order valence-corrected chi connectivity index (χ1v) is 6.95. The lowest BCUT2D eigenvalue weighted by Crippen LogP contribution is -2.17. The fourth-order valence-corrected chi connectivity index (χ4v) is 2.62. The van der Waals surface area contributed by atoms with E-state index in [4.69, 9.17) is 0 Å². The number of nitrogens with zero attached hydrogens (tertiary/aromatic N) is 1. The van der Waals surface area contributed by atoms with E-state index in [1.807, 2.05) is 6.92 Å². The minimum atomic E-state index is -0.387. The molecule has 2 rings (SSSR count). The van der Waals surface area contributed by atoms with E-state index in [1.165, 1.54) is 36.8 Å². The molecule has 1 aromatic heterocycles. The number of carbonyl (C=O) groups excluding carboxylic acids is 1. The number of hydrogen-bond donors (Lipinski definition) is 1. The van der Waals surface area contributed by atoms with Crippen LogP contribution in [0.25, 0.3) is 0 Å². The number of aromatic nitrogens is 1. The molecule has 0 fully saturated rings. The summed E-state index contributed by atoms with van der Waals surface area (Å²) in [6.07, 6.45) is 2.23. The highest BCUT2D eigenvalue weighted by Gasteiger charge is 2.12. The summed E-state index contributed by atoms with van der Waals surface area (Å²) in [6, 6.07) is 6.53. The number of thiazole rings is 1. The Bertz CT molecular complexity index is 583. The van der Waals surface area contributed by atoms with Crippen LogP contribution in [0.2, 0.25) is 0 Å². The van der Waals surface area contributed by atoms with Gasteiger partial charge in [-0.3, -0.25) is 0 Å². The fourth-order valence-electron chi connectivity index (χ4n) is 1.77. The fraction of sp³-hybridized carbons (Fsp3) is 0.286. The van der Waals surface area contributed by atoms with Gasteiger partial charge in [-0.25, -0.2) is 14.2 Å². The van der Waals surface area contributed by atoms with E-state index in [0.717, 1.165) is 12.0 Å². The molecular weight excluding hydrogens is 279 g/mol. The maximum atomic E-state index is 12.8. The molecule has 0 bridgehead atoms. The average molecular weight is 294 g/mol. The summed E-state index contributed by atoms with van der Waals surface area (Å²) >= 11 is 1.25. The summed E-state index contributed by atoms with van der Waals surface area (Å²) in [4.78, 5) is 15.9. The topological polar surface area (TPSA) is 51.2 Å². The molecule has 0 amide bonds. The molecule has 4 nitrogen and oxygen atoms in total. The van der Waals surface area contributed by atoms with Crippen molar-refractivity contribution in [3.8, 4) is 0 Å². The lowest BCUT2D eigenvalue weighted by atomic mass is 10.1. The Labute approximate surface area is 120 Å². The van der Waals surface area contributed by atoms with E-state index in [1.54, 1.807) is 12.1 Å². The SMILES string of the molecule is COC(=O)c1cnc(NC(C)Cc2ccc(F)cc2)s1. The van der Waals surface area contributed by atoms with Crippen LogP contribution in [0.15, 0.2) is 30.5 Å². The van der Waals surface area contributed by atoms with Crippen LogP contribution in [0.5, 0.6) is 0 Å². The van der Waals surface area contributed by atoms with Gasteiger partial charge in [-0.1, -0.05) is 23.5 Å². The number of halogens is 1. The van der Waals surface area contributed by atoms with Crippen LogP contribution in [-0.2, 0) is 11.2 Å². The van der Waals surface area contributed by atoms with Gasteiger partial charge in [0.1, 0.15) is 10.7 Å². The highest BCUT2D eigenvalue weighted by Crippen LogP contribution is 2.20. The van der Waals surface area contributed by atoms with Crippen molar-refractivity contribution in [3.05, 3.63) is 46.7 Å². The largest absolute Gasteiger partial charge is 0.465 e. The third-order valence-electron chi connectivity index (χ3n) is 2.72. The van der Waals surface area contributed by atoms with Crippen LogP contribution in [0, 0.1) is 5.82 Å². The number of benzene rings is 1. The number of hydrogen-bond acceptors (Lipinski definition) is 5. The van der Waals surface area contributed by atoms with Crippen molar-refractivity contribution in [1.82, 2.24) is 4.98 Å². The number of anilines is 1. The lowest BCUT2D eigenvalue weighted by Gasteiger charge is -2.12. The molecule has 20 heavy (non-hydrogen) atoms. The number of methoxy groups -OCH3 is 1. The van der Waals surface area contributed by atoms with Crippen molar-refractivity contribution in [2.45, 2.75) is 19.4 Å². The summed E-state index contributed by atoms with van der Waals surface area (Å²) in [6.45, 7) is 2.00. The van der Waals surface area contributed by atoms with E-state index in [-0.39, 0.29) is 17.8 Å². The van der Waals surface area contributed by atoms with Gasteiger partial charge in [0.15, 0.2) is 5.13 Å². The molecule has 1 unspecified atom stereocenters. The summed E-state index contributed by atoms with van der Waals surface area (Å²) in [5, 5.41) is 3.88. The zero-order valence-corrected chi connectivity index (χ0v) is 12.0. The zero-order valence-electron chi connectivity index (χ0n) is 11.2. The van der Waals surface area contributed by atoms with Gasteiger partial charge in [0.25, 0.3) is 0 Å². The second-order valence-corrected chi connectivity index (χ2v) is 5.43. The molecule has 0 aliphatic heterocycles. The molecule has 1 heterocycles. The average Bonchev–Trinajstić information content (AvgIpc) is 2.89. The Morgan fingerprint density at radius 3 is 2.80 bits per heavy atom. The van der Waals surface area contributed by atoms with Gasteiger partial charge in [-0.15, -0.1) is 0 Å². The summed E-state index contributed by atoms with van der Waals surface area (Å²) < 4.78 is 17.4. The summed E-state index contributed by atoms with van der Waals surface area (Å²) in [5.41, 5.74) is 1.04. The van der Waals surface area contributed by atoms with Gasteiger partial charge >= 0.3 is 5.97 Å². The first-order chi connectivity index (χ1) is 9.58. The third-order valence-corrected chi connectivity index (χ3v) is 3.63. The molecule has 0 saturated carbocycles. The third kappa shape index (κ3) is 3.77. The Morgan fingerprint density at radius 1 is 1.45 bits per heavy atom. The lowest BCUT2D eigenvalue weighted by molar-refractivity contribution is 0.0606. The molecule has 0 aliphatic carbocycles. The molecular formula is C14H15FN2O2S. The van der Waals surface area contributed by atoms with Crippen molar-refractivity contribution in [2.75, 3.05) is 12.4 Å². The van der Waals surface area contributed by atoms with Crippen LogP contribution >= 0.6 is 11.3 Å². The molecule has 1 aromatic carbocycles. The standard InChI is InChI=1S/C14H15FN2O2S/c1-9(7-10-3-5-11(15)6-4-10)17-14-16-8-12(20-14)13(18)19-2/h3-6,8-9H,7H2,1-2H3,(H,16,17). The number of esters is 1. The van der Waals surface area contributed by atoms with Crippen molar-refractivity contribution >= 4 is 22.4 Å². The quantitative estimate of drug-likeness (QED) is 0.861. The zero-order chi connectivity index (χ0) is 14.5. The van der Waals surface area contributed by atoms with E-state index < -0.39 is 0 Å². The Morgan fingerprint density at radius 2 is 2.15 bits per heavy atom. The molecule has 1 atom stereocenters.